The monoisotopic (exact) mass is 403 g/mol. The standard InChI is InChI=1S/C22H33N3O2S/c1-7-9-18(10-8-2)17(5)23(6)28-25(27)21-12-11-19-15-24(16(3)4)22(26)14-20(19)13-21/h7,9-13,16-17,27H,8,14-15H2,1-6H3/b9-7-,18-10+/t17-/m0/s1. The summed E-state index contributed by atoms with van der Waals surface area (Å²) in [5.41, 5.74) is 4.05. The van der Waals surface area contributed by atoms with Gasteiger partial charge in [0.15, 0.2) is 0 Å². The number of carbonyl (C=O) groups is 1. The SMILES string of the molecule is C/C=C\C(=C/CC)[C@H](C)N(C)SN(O)c1ccc2c(c1)CC(=O)N(C(C)C)C2. The Bertz CT molecular complexity index is 745. The number of nitrogens with zero attached hydrogens (tertiary/aromatic N) is 3. The fourth-order valence-corrected chi connectivity index (χ4v) is 4.03. The lowest BCUT2D eigenvalue weighted by molar-refractivity contribution is -0.133. The fourth-order valence-electron chi connectivity index (χ4n) is 3.31. The summed E-state index contributed by atoms with van der Waals surface area (Å²) >= 11 is 1.25. The first-order valence-electron chi connectivity index (χ1n) is 9.92. The minimum atomic E-state index is 0.142. The molecule has 154 valence electrons. The van der Waals surface area contributed by atoms with Crippen molar-refractivity contribution in [3.8, 4) is 0 Å². The summed E-state index contributed by atoms with van der Waals surface area (Å²) in [6, 6.07) is 6.19. The number of rotatable bonds is 8. The van der Waals surface area contributed by atoms with E-state index in [1.165, 1.54) is 22.2 Å². The molecule has 0 aliphatic carbocycles. The fraction of sp³-hybridized carbons (Fsp3) is 0.500. The van der Waals surface area contributed by atoms with E-state index in [9.17, 15) is 10.0 Å². The number of anilines is 1. The van der Waals surface area contributed by atoms with Crippen LogP contribution in [-0.2, 0) is 17.8 Å². The van der Waals surface area contributed by atoms with Crippen LogP contribution in [-0.4, -0.2) is 39.5 Å². The van der Waals surface area contributed by atoms with E-state index < -0.39 is 0 Å². The van der Waals surface area contributed by atoms with Gasteiger partial charge in [-0.3, -0.25) is 10.0 Å². The molecule has 0 unspecified atom stereocenters. The molecular formula is C22H33N3O2S. The Morgan fingerprint density at radius 3 is 2.64 bits per heavy atom. The third-order valence-electron chi connectivity index (χ3n) is 5.07. The number of likely N-dealkylation sites (N-methyl/N-ethyl adjacent to an activating group) is 1. The molecule has 1 N–H and O–H groups in total. The lowest BCUT2D eigenvalue weighted by Gasteiger charge is -2.33. The second kappa shape index (κ2) is 10.1. The second-order valence-electron chi connectivity index (χ2n) is 7.43. The summed E-state index contributed by atoms with van der Waals surface area (Å²) in [4.78, 5) is 14.3. The molecule has 6 heteroatoms. The molecule has 2 rings (SSSR count). The van der Waals surface area contributed by atoms with E-state index in [1.54, 1.807) is 0 Å². The molecule has 0 aromatic heterocycles. The van der Waals surface area contributed by atoms with Gasteiger partial charge in [-0.1, -0.05) is 31.2 Å². The van der Waals surface area contributed by atoms with E-state index in [0.717, 1.165) is 17.5 Å². The number of hydrogen-bond donors (Lipinski definition) is 1. The van der Waals surface area contributed by atoms with E-state index in [-0.39, 0.29) is 18.0 Å². The molecule has 0 radical (unpaired) electrons. The normalized spacial score (nSPS) is 16.2. The number of allylic oxidation sites excluding steroid dienone is 2. The van der Waals surface area contributed by atoms with Crippen molar-refractivity contribution in [2.45, 2.75) is 66.1 Å². The first kappa shape index (κ1) is 22.5. The third-order valence-corrected chi connectivity index (χ3v) is 6.01. The summed E-state index contributed by atoms with van der Waals surface area (Å²) in [6.07, 6.45) is 7.70. The zero-order valence-corrected chi connectivity index (χ0v) is 18.7. The highest BCUT2D eigenvalue weighted by atomic mass is 32.2. The molecule has 1 atom stereocenters. The van der Waals surface area contributed by atoms with E-state index >= 15 is 0 Å². The van der Waals surface area contributed by atoms with Crippen molar-refractivity contribution in [1.82, 2.24) is 9.21 Å². The highest BCUT2D eigenvalue weighted by molar-refractivity contribution is 7.98. The predicted octanol–water partition coefficient (Wildman–Crippen LogP) is 4.97. The molecule has 1 aromatic carbocycles. The molecular weight excluding hydrogens is 370 g/mol. The van der Waals surface area contributed by atoms with Gasteiger partial charge in [-0.15, -0.1) is 0 Å². The van der Waals surface area contributed by atoms with Gasteiger partial charge >= 0.3 is 0 Å². The molecule has 1 heterocycles. The highest BCUT2D eigenvalue weighted by Crippen LogP contribution is 2.30. The number of carbonyl (C=O) groups excluding carboxylic acids is 1. The van der Waals surface area contributed by atoms with Gasteiger partial charge in [0.25, 0.3) is 0 Å². The van der Waals surface area contributed by atoms with Crippen LogP contribution < -0.4 is 4.47 Å². The van der Waals surface area contributed by atoms with Gasteiger partial charge in [-0.2, -0.15) is 4.47 Å². The Kier molecular flexibility index (Phi) is 8.16. The first-order valence-corrected chi connectivity index (χ1v) is 10.6. The van der Waals surface area contributed by atoms with Crippen LogP contribution in [0.3, 0.4) is 0 Å². The van der Waals surface area contributed by atoms with Crippen LogP contribution in [0.4, 0.5) is 5.69 Å². The van der Waals surface area contributed by atoms with Crippen LogP contribution in [0, 0.1) is 0 Å². The van der Waals surface area contributed by atoms with Crippen LogP contribution in [0.25, 0.3) is 0 Å². The molecule has 1 aliphatic heterocycles. The maximum absolute atomic E-state index is 12.4. The lowest BCUT2D eigenvalue weighted by atomic mass is 9.97. The average Bonchev–Trinajstić information content (AvgIpc) is 2.65. The molecule has 0 bridgehead atoms. The lowest BCUT2D eigenvalue weighted by Crippen LogP contribution is -2.40. The van der Waals surface area contributed by atoms with Crippen molar-refractivity contribution in [3.63, 3.8) is 0 Å². The predicted molar refractivity (Wildman–Crippen MR) is 118 cm³/mol. The number of amides is 1. The van der Waals surface area contributed by atoms with Crippen molar-refractivity contribution in [1.29, 1.82) is 0 Å². The minimum absolute atomic E-state index is 0.142. The van der Waals surface area contributed by atoms with Crippen molar-refractivity contribution < 1.29 is 10.0 Å². The topological polar surface area (TPSA) is 47.0 Å². The zero-order valence-electron chi connectivity index (χ0n) is 17.8. The molecule has 1 amide bonds. The Morgan fingerprint density at radius 1 is 1.32 bits per heavy atom. The maximum Gasteiger partial charge on any atom is 0.227 e. The molecule has 1 aliphatic rings. The summed E-state index contributed by atoms with van der Waals surface area (Å²) in [5, 5.41) is 10.6. The van der Waals surface area contributed by atoms with Crippen LogP contribution in [0.1, 0.15) is 52.2 Å². The Morgan fingerprint density at radius 2 is 2.04 bits per heavy atom. The Hall–Kier alpha value is -1.76. The van der Waals surface area contributed by atoms with Crippen molar-refractivity contribution in [3.05, 3.63) is 53.1 Å². The van der Waals surface area contributed by atoms with Crippen LogP contribution in [0.5, 0.6) is 0 Å². The molecule has 0 spiro atoms. The molecule has 1 aromatic rings. The quantitative estimate of drug-likeness (QED) is 0.377. The first-order chi connectivity index (χ1) is 13.3. The summed E-state index contributed by atoms with van der Waals surface area (Å²) in [5.74, 6) is 0.142. The maximum atomic E-state index is 12.4. The molecule has 0 saturated carbocycles. The minimum Gasteiger partial charge on any atom is -0.336 e. The second-order valence-corrected chi connectivity index (χ2v) is 8.52. The van der Waals surface area contributed by atoms with E-state index in [2.05, 4.69) is 26.0 Å². The van der Waals surface area contributed by atoms with Gasteiger partial charge in [0.05, 0.1) is 24.2 Å². The number of hydrogen-bond acceptors (Lipinski definition) is 5. The molecule has 0 fully saturated rings. The number of benzene rings is 1. The Labute approximate surface area is 173 Å². The van der Waals surface area contributed by atoms with Crippen molar-refractivity contribution >= 4 is 23.7 Å². The van der Waals surface area contributed by atoms with E-state index in [4.69, 9.17) is 0 Å². The van der Waals surface area contributed by atoms with Gasteiger partial charge < -0.3 is 4.90 Å². The summed E-state index contributed by atoms with van der Waals surface area (Å²) < 4.78 is 3.20. The van der Waals surface area contributed by atoms with Crippen LogP contribution >= 0.6 is 12.1 Å². The van der Waals surface area contributed by atoms with Gasteiger partial charge in [-0.05, 0) is 70.0 Å². The van der Waals surface area contributed by atoms with Gasteiger partial charge in [0, 0.05) is 18.6 Å². The zero-order chi connectivity index (χ0) is 20.8. The average molecular weight is 404 g/mol. The Balaban J connectivity index is 2.11. The van der Waals surface area contributed by atoms with Crippen LogP contribution in [0.15, 0.2) is 42.0 Å². The largest absolute Gasteiger partial charge is 0.336 e. The smallest absolute Gasteiger partial charge is 0.227 e. The highest BCUT2D eigenvalue weighted by Gasteiger charge is 2.26. The van der Waals surface area contributed by atoms with Gasteiger partial charge in [-0.25, -0.2) is 4.31 Å². The van der Waals surface area contributed by atoms with Crippen molar-refractivity contribution in [2.24, 2.45) is 0 Å². The summed E-state index contributed by atoms with van der Waals surface area (Å²) in [6.45, 7) is 11.0. The number of fused-ring (bicyclic) bond motifs is 1. The molecule has 0 saturated heterocycles. The molecule has 5 nitrogen and oxygen atoms in total. The summed E-state index contributed by atoms with van der Waals surface area (Å²) in [7, 11) is 1.97. The van der Waals surface area contributed by atoms with Gasteiger partial charge in [0.1, 0.15) is 0 Å². The molecule has 28 heavy (non-hydrogen) atoms. The van der Waals surface area contributed by atoms with Gasteiger partial charge in [0.2, 0.25) is 5.91 Å². The van der Waals surface area contributed by atoms with E-state index in [1.807, 2.05) is 61.3 Å². The van der Waals surface area contributed by atoms with Crippen molar-refractivity contribution in [2.75, 3.05) is 11.5 Å². The van der Waals surface area contributed by atoms with Crippen LogP contribution in [0.2, 0.25) is 0 Å². The third kappa shape index (κ3) is 5.40. The van der Waals surface area contributed by atoms with E-state index in [0.29, 0.717) is 18.7 Å².